The maximum absolute atomic E-state index is 13.9. The Kier molecular flexibility index (Phi) is 10.2. The molecule has 0 aromatic heterocycles. The Labute approximate surface area is 324 Å². The molecule has 4 aliphatic heterocycles. The number of amides is 4. The molecule has 0 radical (unpaired) electrons. The first-order chi connectivity index (χ1) is 26.8. The number of hydrogen-bond donors (Lipinski definition) is 3. The summed E-state index contributed by atoms with van der Waals surface area (Å²) in [6.45, 7) is 3.82. The van der Waals surface area contributed by atoms with Crippen LogP contribution in [0, 0.1) is 41.4 Å². The molecule has 4 amide bonds. The number of carbonyl (C=O) groups excluding carboxylic acids is 3. The van der Waals surface area contributed by atoms with Crippen LogP contribution in [-0.4, -0.2) is 59.8 Å². The molecule has 4 atom stereocenters. The second-order valence-corrected chi connectivity index (χ2v) is 15.8. The molecular weight excluding hydrogens is 715 g/mol. The van der Waals surface area contributed by atoms with E-state index in [1.165, 1.54) is 11.8 Å². The Morgan fingerprint density at radius 1 is 1.04 bits per heavy atom. The second-order valence-electron chi connectivity index (χ2n) is 14.6. The molecule has 13 heteroatoms. The van der Waals surface area contributed by atoms with Crippen molar-refractivity contribution in [3.63, 3.8) is 0 Å². The van der Waals surface area contributed by atoms with E-state index < -0.39 is 0 Å². The third kappa shape index (κ3) is 7.63. The van der Waals surface area contributed by atoms with Gasteiger partial charge in [0.25, 0.3) is 11.8 Å². The lowest BCUT2D eigenvalue weighted by Gasteiger charge is -2.46. The normalized spacial score (nSPS) is 23.3. The number of allylic oxidation sites excluding steroid dienone is 1. The van der Waals surface area contributed by atoms with Gasteiger partial charge in [-0.3, -0.25) is 14.5 Å². The SMILES string of the molecule is Cc1cc(Oc2cccc(COc3ccccc3C#N)c2)ccc1N1C(=O)NC2=C(C(=O)N[C@@H]3CCCN(C(=O)/C(C#N)=C/C4CC4)C3)SC3NCCC1C23. The van der Waals surface area contributed by atoms with Crippen LogP contribution in [0.1, 0.15) is 48.8 Å². The van der Waals surface area contributed by atoms with E-state index in [-0.39, 0.29) is 53.4 Å². The fourth-order valence-corrected chi connectivity index (χ4v) is 9.30. The van der Waals surface area contributed by atoms with E-state index >= 15 is 0 Å². The quantitative estimate of drug-likeness (QED) is 0.167. The molecule has 3 saturated heterocycles. The van der Waals surface area contributed by atoms with Crippen molar-refractivity contribution in [2.75, 3.05) is 24.5 Å². The average molecular weight is 756 g/mol. The summed E-state index contributed by atoms with van der Waals surface area (Å²) in [6.07, 6.45) is 5.97. The first-order valence-corrected chi connectivity index (χ1v) is 19.6. The summed E-state index contributed by atoms with van der Waals surface area (Å²) >= 11 is 1.45. The fraction of sp³-hybridized carbons (Fsp3) is 0.357. The van der Waals surface area contributed by atoms with Crippen LogP contribution in [0.4, 0.5) is 10.5 Å². The van der Waals surface area contributed by atoms with Crippen LogP contribution in [0.2, 0.25) is 0 Å². The van der Waals surface area contributed by atoms with E-state index in [9.17, 15) is 24.9 Å². The lowest BCUT2D eigenvalue weighted by atomic mass is 9.86. The Balaban J connectivity index is 0.939. The molecule has 12 nitrogen and oxygen atoms in total. The zero-order chi connectivity index (χ0) is 38.1. The highest BCUT2D eigenvalue weighted by Gasteiger charge is 2.52. The molecule has 8 rings (SSSR count). The van der Waals surface area contributed by atoms with Crippen molar-refractivity contribution in [3.8, 4) is 29.4 Å². The van der Waals surface area contributed by atoms with Crippen molar-refractivity contribution in [3.05, 3.63) is 106 Å². The van der Waals surface area contributed by atoms with Gasteiger partial charge in [-0.15, -0.1) is 0 Å². The Morgan fingerprint density at radius 3 is 2.67 bits per heavy atom. The zero-order valence-corrected chi connectivity index (χ0v) is 31.2. The smallest absolute Gasteiger partial charge is 0.326 e. The largest absolute Gasteiger partial charge is 0.488 e. The Bertz CT molecular complexity index is 2190. The van der Waals surface area contributed by atoms with Crippen LogP contribution in [0.3, 0.4) is 0 Å². The molecule has 280 valence electrons. The molecule has 3 unspecified atom stereocenters. The van der Waals surface area contributed by atoms with Crippen LogP contribution >= 0.6 is 11.8 Å². The predicted molar refractivity (Wildman–Crippen MR) is 207 cm³/mol. The number of piperidine rings is 2. The second kappa shape index (κ2) is 15.5. The molecule has 0 spiro atoms. The number of thioether (sulfide) groups is 1. The third-order valence-corrected chi connectivity index (χ3v) is 12.1. The monoisotopic (exact) mass is 755 g/mol. The lowest BCUT2D eigenvalue weighted by molar-refractivity contribution is -0.129. The third-order valence-electron chi connectivity index (χ3n) is 10.7. The number of nitriles is 2. The number of ether oxygens (including phenoxy) is 2. The number of hydrogen-bond acceptors (Lipinski definition) is 9. The minimum absolute atomic E-state index is 0.0830. The highest BCUT2D eigenvalue weighted by atomic mass is 32.2. The standard InChI is InChI=1S/C42H41N7O5S/c1-25-18-32(54-31-9-4-6-27(20-31)24-53-35-10-3-2-7-28(35)21-43)13-14-33(25)49-34-15-16-45-40-36(34)37(47-42(49)52)38(55-40)39(50)46-30-8-5-17-48(23-30)41(51)29(22-44)19-26-11-12-26/h2-4,6-7,9-10,13-14,18-20,26,30,34,36,40,45H,5,8,11-12,15-17,23-24H2,1H3,(H,46,50)(H,47,52)/b29-19+/t30-,34?,36?,40?/m1/s1. The number of carbonyl (C=O) groups is 3. The van der Waals surface area contributed by atoms with Crippen molar-refractivity contribution in [1.82, 2.24) is 20.9 Å². The molecule has 1 aliphatic carbocycles. The van der Waals surface area contributed by atoms with Crippen LogP contribution < -0.4 is 30.3 Å². The zero-order valence-electron chi connectivity index (χ0n) is 30.4. The van der Waals surface area contributed by atoms with Crippen molar-refractivity contribution >= 4 is 35.3 Å². The minimum Gasteiger partial charge on any atom is -0.488 e. The van der Waals surface area contributed by atoms with Gasteiger partial charge in [-0.25, -0.2) is 4.79 Å². The molecule has 55 heavy (non-hydrogen) atoms. The van der Waals surface area contributed by atoms with Gasteiger partial charge in [-0.2, -0.15) is 10.5 Å². The molecule has 1 saturated carbocycles. The predicted octanol–water partition coefficient (Wildman–Crippen LogP) is 6.00. The maximum Gasteiger partial charge on any atom is 0.326 e. The highest BCUT2D eigenvalue weighted by molar-refractivity contribution is 8.04. The van der Waals surface area contributed by atoms with E-state index in [0.717, 1.165) is 42.5 Å². The lowest BCUT2D eigenvalue weighted by Crippen LogP contribution is -2.62. The number of urea groups is 1. The Hall–Kier alpha value is -5.76. The van der Waals surface area contributed by atoms with Gasteiger partial charge in [-0.1, -0.05) is 42.1 Å². The molecule has 5 aliphatic rings. The minimum atomic E-state index is -0.284. The fourth-order valence-electron chi connectivity index (χ4n) is 7.90. The highest BCUT2D eigenvalue weighted by Crippen LogP contribution is 2.48. The number of nitrogens with zero attached hydrogens (tertiary/aromatic N) is 4. The molecule has 4 heterocycles. The van der Waals surface area contributed by atoms with Gasteiger partial charge >= 0.3 is 6.03 Å². The van der Waals surface area contributed by atoms with E-state index in [1.54, 1.807) is 29.2 Å². The summed E-state index contributed by atoms with van der Waals surface area (Å²) in [6, 6.07) is 23.9. The van der Waals surface area contributed by atoms with Gasteiger partial charge < -0.3 is 30.3 Å². The average Bonchev–Trinajstić information content (AvgIpc) is 3.95. The van der Waals surface area contributed by atoms with Crippen LogP contribution in [-0.2, 0) is 16.2 Å². The molecule has 4 fully saturated rings. The summed E-state index contributed by atoms with van der Waals surface area (Å²) in [7, 11) is 0. The summed E-state index contributed by atoms with van der Waals surface area (Å²) in [5, 5.41) is 28.7. The molecule has 3 aromatic rings. The van der Waals surface area contributed by atoms with Crippen LogP contribution in [0.5, 0.6) is 17.2 Å². The number of nitrogens with one attached hydrogen (secondary N) is 3. The molecule has 0 bridgehead atoms. The van der Waals surface area contributed by atoms with Crippen LogP contribution in [0.15, 0.2) is 89.0 Å². The molecular formula is C42H41N7O5S. The van der Waals surface area contributed by atoms with Gasteiger partial charge in [0, 0.05) is 36.4 Å². The Morgan fingerprint density at radius 2 is 1.87 bits per heavy atom. The van der Waals surface area contributed by atoms with Crippen molar-refractivity contribution in [2.24, 2.45) is 11.8 Å². The summed E-state index contributed by atoms with van der Waals surface area (Å²) < 4.78 is 12.1. The number of para-hydroxylation sites is 1. The number of anilines is 1. The summed E-state index contributed by atoms with van der Waals surface area (Å²) in [5.41, 5.74) is 3.84. The number of rotatable bonds is 10. The molecule has 3 aromatic carbocycles. The van der Waals surface area contributed by atoms with Crippen molar-refractivity contribution in [1.29, 1.82) is 10.5 Å². The van der Waals surface area contributed by atoms with E-state index in [2.05, 4.69) is 28.1 Å². The van der Waals surface area contributed by atoms with Gasteiger partial charge in [0.05, 0.1) is 21.9 Å². The van der Waals surface area contributed by atoms with E-state index in [0.29, 0.717) is 65.4 Å². The van der Waals surface area contributed by atoms with E-state index in [4.69, 9.17) is 9.47 Å². The maximum atomic E-state index is 13.9. The van der Waals surface area contributed by atoms with Gasteiger partial charge in [0.1, 0.15) is 41.6 Å². The summed E-state index contributed by atoms with van der Waals surface area (Å²) in [4.78, 5) is 44.9. The number of benzene rings is 3. The van der Waals surface area contributed by atoms with E-state index in [1.807, 2.05) is 60.4 Å². The topological polar surface area (TPSA) is 160 Å². The first kappa shape index (κ1) is 36.2. The van der Waals surface area contributed by atoms with Crippen molar-refractivity contribution < 1.29 is 23.9 Å². The molecule has 3 N–H and O–H groups in total. The van der Waals surface area contributed by atoms with Gasteiger partial charge in [-0.05, 0) is 105 Å². The first-order valence-electron chi connectivity index (χ1n) is 18.8. The van der Waals surface area contributed by atoms with Crippen LogP contribution in [0.25, 0.3) is 0 Å². The van der Waals surface area contributed by atoms with Gasteiger partial charge in [0.15, 0.2) is 0 Å². The number of likely N-dealkylation sites (tertiary alicyclic amines) is 1. The number of aryl methyl sites for hydroxylation is 1. The summed E-state index contributed by atoms with van der Waals surface area (Å²) in [5.74, 6) is 1.45. The van der Waals surface area contributed by atoms with Gasteiger partial charge in [0.2, 0.25) is 0 Å². The van der Waals surface area contributed by atoms with Crippen molar-refractivity contribution in [2.45, 2.75) is 63.1 Å².